The van der Waals surface area contributed by atoms with Crippen LogP contribution in [-0.4, -0.2) is 19.9 Å². The van der Waals surface area contributed by atoms with E-state index in [1.54, 1.807) is 5.51 Å². The first-order valence-corrected chi connectivity index (χ1v) is 9.17. The van der Waals surface area contributed by atoms with Crippen LogP contribution in [0.4, 0.5) is 0 Å². The highest BCUT2D eigenvalue weighted by atomic mass is 35.5. The van der Waals surface area contributed by atoms with Gasteiger partial charge < -0.3 is 5.73 Å². The molecule has 0 unspecified atom stereocenters. The summed E-state index contributed by atoms with van der Waals surface area (Å²) < 4.78 is 27.0. The monoisotopic (exact) mass is 365 g/mol. The Morgan fingerprint density at radius 1 is 1.33 bits per heavy atom. The number of aromatic nitrogens is 1. The summed E-state index contributed by atoms with van der Waals surface area (Å²) in [6.45, 7) is 0.308. The summed E-state index contributed by atoms with van der Waals surface area (Å²) in [6.07, 6.45) is 0.512. The van der Waals surface area contributed by atoms with E-state index in [9.17, 15) is 8.42 Å². The summed E-state index contributed by atoms with van der Waals surface area (Å²) in [5.74, 6) is 0. The maximum absolute atomic E-state index is 12.3. The number of thiazole rings is 1. The van der Waals surface area contributed by atoms with Crippen molar-refractivity contribution in [1.82, 2.24) is 9.71 Å². The molecule has 0 fully saturated rings. The van der Waals surface area contributed by atoms with E-state index >= 15 is 0 Å². The zero-order valence-corrected chi connectivity index (χ0v) is 14.0. The average Bonchev–Trinajstić information content (AvgIpc) is 2.92. The SMILES string of the molecule is NCc1c(Cl)ccc(S(=O)(=O)NCCc2cscn2)c1Cl. The van der Waals surface area contributed by atoms with Crippen LogP contribution in [-0.2, 0) is 23.0 Å². The van der Waals surface area contributed by atoms with Gasteiger partial charge in [0, 0.05) is 35.5 Å². The molecular weight excluding hydrogens is 353 g/mol. The van der Waals surface area contributed by atoms with Crippen molar-refractivity contribution >= 4 is 44.6 Å². The van der Waals surface area contributed by atoms with Crippen LogP contribution in [0.1, 0.15) is 11.3 Å². The van der Waals surface area contributed by atoms with Gasteiger partial charge in [0.2, 0.25) is 10.0 Å². The smallest absolute Gasteiger partial charge is 0.242 e. The fourth-order valence-electron chi connectivity index (χ4n) is 1.72. The minimum atomic E-state index is -3.71. The van der Waals surface area contributed by atoms with Gasteiger partial charge in [0.05, 0.1) is 16.2 Å². The van der Waals surface area contributed by atoms with Crippen molar-refractivity contribution in [3.05, 3.63) is 44.3 Å². The number of nitrogens with zero attached hydrogens (tertiary/aromatic N) is 1. The molecule has 0 saturated heterocycles. The predicted molar refractivity (Wildman–Crippen MR) is 85.4 cm³/mol. The lowest BCUT2D eigenvalue weighted by Crippen LogP contribution is -2.26. The van der Waals surface area contributed by atoms with Crippen LogP contribution < -0.4 is 10.5 Å². The van der Waals surface area contributed by atoms with Crippen molar-refractivity contribution in [3.63, 3.8) is 0 Å². The minimum Gasteiger partial charge on any atom is -0.326 e. The molecule has 0 radical (unpaired) electrons. The van der Waals surface area contributed by atoms with E-state index in [1.807, 2.05) is 5.38 Å². The third kappa shape index (κ3) is 3.94. The van der Waals surface area contributed by atoms with E-state index in [0.29, 0.717) is 17.0 Å². The maximum Gasteiger partial charge on any atom is 0.242 e. The van der Waals surface area contributed by atoms with Gasteiger partial charge in [-0.25, -0.2) is 18.1 Å². The Balaban J connectivity index is 2.16. The third-order valence-electron chi connectivity index (χ3n) is 2.80. The second-order valence-electron chi connectivity index (χ2n) is 4.17. The topological polar surface area (TPSA) is 85.1 Å². The van der Waals surface area contributed by atoms with Crippen molar-refractivity contribution in [3.8, 4) is 0 Å². The lowest BCUT2D eigenvalue weighted by molar-refractivity contribution is 0.581. The summed E-state index contributed by atoms with van der Waals surface area (Å²) >= 11 is 13.5. The quantitative estimate of drug-likeness (QED) is 0.822. The molecule has 1 heterocycles. The van der Waals surface area contributed by atoms with Crippen molar-refractivity contribution in [2.24, 2.45) is 5.73 Å². The van der Waals surface area contributed by atoms with Gasteiger partial charge in [0.25, 0.3) is 0 Å². The highest BCUT2D eigenvalue weighted by Crippen LogP contribution is 2.30. The van der Waals surface area contributed by atoms with Gasteiger partial charge in [-0.2, -0.15) is 0 Å². The molecule has 0 amide bonds. The van der Waals surface area contributed by atoms with E-state index in [2.05, 4.69) is 9.71 Å². The molecule has 9 heteroatoms. The summed E-state index contributed by atoms with van der Waals surface area (Å²) in [7, 11) is -3.71. The Morgan fingerprint density at radius 2 is 2.10 bits per heavy atom. The van der Waals surface area contributed by atoms with E-state index in [4.69, 9.17) is 28.9 Å². The summed E-state index contributed by atoms with van der Waals surface area (Å²) in [6, 6.07) is 2.85. The Labute approximate surface area is 137 Å². The van der Waals surface area contributed by atoms with Crippen LogP contribution in [0.15, 0.2) is 27.9 Å². The fourth-order valence-corrected chi connectivity index (χ4v) is 4.28. The number of benzene rings is 1. The molecule has 0 bridgehead atoms. The molecular formula is C12H13Cl2N3O2S2. The van der Waals surface area contributed by atoms with Gasteiger partial charge in [-0.1, -0.05) is 23.2 Å². The van der Waals surface area contributed by atoms with Gasteiger partial charge in [0.1, 0.15) is 4.90 Å². The number of hydrogen-bond acceptors (Lipinski definition) is 5. The highest BCUT2D eigenvalue weighted by molar-refractivity contribution is 7.89. The third-order valence-corrected chi connectivity index (χ3v) is 5.84. The zero-order chi connectivity index (χ0) is 15.5. The van der Waals surface area contributed by atoms with Crippen molar-refractivity contribution in [2.75, 3.05) is 6.54 Å². The number of nitrogens with one attached hydrogen (secondary N) is 1. The zero-order valence-electron chi connectivity index (χ0n) is 10.8. The lowest BCUT2D eigenvalue weighted by atomic mass is 10.2. The molecule has 5 nitrogen and oxygen atoms in total. The standard InChI is InChI=1S/C12H13Cl2N3O2S2/c13-10-1-2-11(12(14)9(10)5-15)21(18,19)17-4-3-8-6-20-7-16-8/h1-2,6-7,17H,3-5,15H2. The maximum atomic E-state index is 12.3. The molecule has 1 aromatic heterocycles. The fraction of sp³-hybridized carbons (Fsp3) is 0.250. The number of halogens is 2. The van der Waals surface area contributed by atoms with Crippen LogP contribution >= 0.6 is 34.5 Å². The molecule has 21 heavy (non-hydrogen) atoms. The molecule has 0 saturated carbocycles. The summed E-state index contributed by atoms with van der Waals surface area (Å²) in [5.41, 5.74) is 8.50. The largest absolute Gasteiger partial charge is 0.326 e. The number of sulfonamides is 1. The molecule has 1 aromatic carbocycles. The molecule has 0 aliphatic rings. The first kappa shape index (κ1) is 16.7. The minimum absolute atomic E-state index is 0.0210. The normalized spacial score (nSPS) is 11.8. The Hall–Kier alpha value is -0.700. The number of rotatable bonds is 6. The second kappa shape index (κ2) is 7.04. The summed E-state index contributed by atoms with van der Waals surface area (Å²) in [4.78, 5) is 4.07. The average molecular weight is 366 g/mol. The molecule has 0 aliphatic carbocycles. The van der Waals surface area contributed by atoms with Crippen LogP contribution in [0.3, 0.4) is 0 Å². The molecule has 0 atom stereocenters. The van der Waals surface area contributed by atoms with Gasteiger partial charge in [-0.15, -0.1) is 11.3 Å². The van der Waals surface area contributed by atoms with Gasteiger partial charge >= 0.3 is 0 Å². The molecule has 0 aliphatic heterocycles. The Bertz CT molecular complexity index is 718. The second-order valence-corrected chi connectivity index (χ2v) is 7.41. The molecule has 3 N–H and O–H groups in total. The van der Waals surface area contributed by atoms with E-state index in [-0.39, 0.29) is 23.0 Å². The number of hydrogen-bond donors (Lipinski definition) is 2. The van der Waals surface area contributed by atoms with Crippen molar-refractivity contribution < 1.29 is 8.42 Å². The lowest BCUT2D eigenvalue weighted by Gasteiger charge is -2.11. The molecule has 0 spiro atoms. The number of nitrogens with two attached hydrogens (primary N) is 1. The highest BCUT2D eigenvalue weighted by Gasteiger charge is 2.20. The van der Waals surface area contributed by atoms with Gasteiger partial charge in [-0.3, -0.25) is 0 Å². The van der Waals surface area contributed by atoms with E-state index in [1.165, 1.54) is 23.5 Å². The van der Waals surface area contributed by atoms with E-state index < -0.39 is 10.0 Å². The van der Waals surface area contributed by atoms with Gasteiger partial charge in [-0.05, 0) is 12.1 Å². The van der Waals surface area contributed by atoms with Gasteiger partial charge in [0.15, 0.2) is 0 Å². The summed E-state index contributed by atoms with van der Waals surface area (Å²) in [5, 5.41) is 2.28. The van der Waals surface area contributed by atoms with Crippen LogP contribution in [0.5, 0.6) is 0 Å². The van der Waals surface area contributed by atoms with Crippen LogP contribution in [0.2, 0.25) is 10.0 Å². The van der Waals surface area contributed by atoms with Crippen LogP contribution in [0, 0.1) is 0 Å². The molecule has 2 rings (SSSR count). The Kier molecular flexibility index (Phi) is 5.59. The van der Waals surface area contributed by atoms with Crippen molar-refractivity contribution in [2.45, 2.75) is 17.9 Å². The predicted octanol–water partition coefficient (Wildman–Crippen LogP) is 2.43. The molecule has 2 aromatic rings. The first-order chi connectivity index (χ1) is 9.95. The molecule has 114 valence electrons. The van der Waals surface area contributed by atoms with Crippen molar-refractivity contribution in [1.29, 1.82) is 0 Å². The van der Waals surface area contributed by atoms with E-state index in [0.717, 1.165) is 5.69 Å². The van der Waals surface area contributed by atoms with Crippen LogP contribution in [0.25, 0.3) is 0 Å². The first-order valence-electron chi connectivity index (χ1n) is 5.99. The Morgan fingerprint density at radius 3 is 2.71 bits per heavy atom.